The summed E-state index contributed by atoms with van der Waals surface area (Å²) in [5.41, 5.74) is 1.31. The van der Waals surface area contributed by atoms with Gasteiger partial charge in [0.15, 0.2) is 0 Å². The smallest absolute Gasteiger partial charge is 0.335 e. The molecule has 0 amide bonds. The second kappa shape index (κ2) is 6.88. The normalized spacial score (nSPS) is 18.4. The molecule has 0 aliphatic carbocycles. The summed E-state index contributed by atoms with van der Waals surface area (Å²) in [6.07, 6.45) is 3.32. The Kier molecular flexibility index (Phi) is 5.31. The summed E-state index contributed by atoms with van der Waals surface area (Å²) in [4.78, 5) is 13.4. The molecule has 0 saturated carbocycles. The Morgan fingerprint density at radius 2 is 2.13 bits per heavy atom. The minimum absolute atomic E-state index is 0.0381. The second-order valence-corrected chi connectivity index (χ2v) is 7.80. The number of aromatic carboxylic acids is 1. The average Bonchev–Trinajstić information content (AvgIpc) is 2.89. The van der Waals surface area contributed by atoms with Crippen LogP contribution in [0.5, 0.6) is 0 Å². The molecule has 1 aromatic rings. The van der Waals surface area contributed by atoms with Crippen molar-refractivity contribution in [1.82, 2.24) is 0 Å². The number of nitrogens with two attached hydrogens (primary N) is 1. The maximum absolute atomic E-state index is 12.0. The van der Waals surface area contributed by atoms with Gasteiger partial charge in [0.2, 0.25) is 10.0 Å². The van der Waals surface area contributed by atoms with Crippen molar-refractivity contribution in [3.8, 4) is 0 Å². The van der Waals surface area contributed by atoms with Crippen LogP contribution in [-0.4, -0.2) is 32.6 Å². The van der Waals surface area contributed by atoms with E-state index in [1.165, 1.54) is 6.07 Å². The minimum atomic E-state index is -3.98. The summed E-state index contributed by atoms with van der Waals surface area (Å²) >= 11 is 0. The van der Waals surface area contributed by atoms with Gasteiger partial charge in [-0.2, -0.15) is 0 Å². The number of rotatable bonds is 6. The first-order chi connectivity index (χ1) is 10.7. The highest BCUT2D eigenvalue weighted by atomic mass is 32.2. The van der Waals surface area contributed by atoms with Gasteiger partial charge in [0.1, 0.15) is 0 Å². The van der Waals surface area contributed by atoms with Crippen molar-refractivity contribution in [2.45, 2.75) is 44.4 Å². The van der Waals surface area contributed by atoms with Gasteiger partial charge in [-0.05, 0) is 42.9 Å². The van der Waals surface area contributed by atoms with Crippen LogP contribution in [0, 0.1) is 5.92 Å². The Morgan fingerprint density at radius 1 is 1.43 bits per heavy atom. The van der Waals surface area contributed by atoms with Crippen molar-refractivity contribution >= 4 is 21.7 Å². The number of benzene rings is 1. The van der Waals surface area contributed by atoms with Crippen LogP contribution in [0.15, 0.2) is 17.0 Å². The number of primary sulfonamides is 1. The third kappa shape index (κ3) is 4.03. The molecule has 1 unspecified atom stereocenters. The molecule has 1 heterocycles. The van der Waals surface area contributed by atoms with Crippen molar-refractivity contribution in [3.05, 3.63) is 23.3 Å². The van der Waals surface area contributed by atoms with E-state index in [0.29, 0.717) is 23.6 Å². The van der Waals surface area contributed by atoms with Gasteiger partial charge in [0.25, 0.3) is 0 Å². The third-order valence-electron chi connectivity index (χ3n) is 4.28. The van der Waals surface area contributed by atoms with Crippen LogP contribution < -0.4 is 10.0 Å². The molecule has 1 aliphatic rings. The zero-order chi connectivity index (χ0) is 17.2. The first-order valence-electron chi connectivity index (χ1n) is 7.92. The molecular weight excluding hydrogens is 316 g/mol. The Bertz CT molecular complexity index is 700. The van der Waals surface area contributed by atoms with Gasteiger partial charge in [0, 0.05) is 18.8 Å². The van der Waals surface area contributed by atoms with Crippen LogP contribution in [0.1, 0.15) is 49.0 Å². The Labute approximate surface area is 137 Å². The largest absolute Gasteiger partial charge is 0.478 e. The summed E-state index contributed by atoms with van der Waals surface area (Å²) in [6.45, 7) is 5.76. The number of carboxylic acid groups (broad SMARTS) is 1. The van der Waals surface area contributed by atoms with E-state index in [2.05, 4.69) is 11.8 Å². The molecule has 1 aliphatic heterocycles. The topological polar surface area (TPSA) is 101 Å². The van der Waals surface area contributed by atoms with E-state index in [9.17, 15) is 18.3 Å². The lowest BCUT2D eigenvalue weighted by molar-refractivity contribution is 0.0696. The molecule has 3 N–H and O–H groups in total. The number of hydrogen-bond acceptors (Lipinski definition) is 4. The van der Waals surface area contributed by atoms with Crippen LogP contribution in [0.3, 0.4) is 0 Å². The average molecular weight is 340 g/mol. The van der Waals surface area contributed by atoms with Gasteiger partial charge >= 0.3 is 5.97 Å². The zero-order valence-corrected chi connectivity index (χ0v) is 14.4. The minimum Gasteiger partial charge on any atom is -0.478 e. The fourth-order valence-electron chi connectivity index (χ4n) is 3.05. The Hall–Kier alpha value is -1.60. The predicted molar refractivity (Wildman–Crippen MR) is 89.4 cm³/mol. The number of unbranched alkanes of at least 4 members (excludes halogenated alkanes) is 1. The van der Waals surface area contributed by atoms with Gasteiger partial charge in [-0.25, -0.2) is 18.4 Å². The molecule has 1 aromatic carbocycles. The first kappa shape index (κ1) is 17.7. The lowest BCUT2D eigenvalue weighted by atomic mass is 10.0. The predicted octanol–water partition coefficient (Wildman–Crippen LogP) is 2.22. The number of carboxylic acids is 1. The SMILES string of the molecule is CCCCc1c(N2CCC(C)C2)cc(C(=O)O)cc1S(N)(=O)=O. The molecule has 0 spiro atoms. The fraction of sp³-hybridized carbons (Fsp3) is 0.562. The molecule has 1 saturated heterocycles. The van der Waals surface area contributed by atoms with E-state index in [-0.39, 0.29) is 10.5 Å². The third-order valence-corrected chi connectivity index (χ3v) is 5.26. The van der Waals surface area contributed by atoms with Crippen LogP contribution in [0.4, 0.5) is 5.69 Å². The molecule has 6 nitrogen and oxygen atoms in total. The first-order valence-corrected chi connectivity index (χ1v) is 9.46. The lowest BCUT2D eigenvalue weighted by Gasteiger charge is -2.24. The van der Waals surface area contributed by atoms with Crippen molar-refractivity contribution in [3.63, 3.8) is 0 Å². The van der Waals surface area contributed by atoms with E-state index >= 15 is 0 Å². The van der Waals surface area contributed by atoms with Gasteiger partial charge in [-0.1, -0.05) is 20.3 Å². The maximum atomic E-state index is 12.0. The van der Waals surface area contributed by atoms with Crippen molar-refractivity contribution < 1.29 is 18.3 Å². The van der Waals surface area contributed by atoms with Crippen LogP contribution in [-0.2, 0) is 16.4 Å². The molecule has 0 radical (unpaired) electrons. The Morgan fingerprint density at radius 3 is 2.61 bits per heavy atom. The molecule has 1 atom stereocenters. The summed E-state index contributed by atoms with van der Waals surface area (Å²) in [7, 11) is -3.98. The van der Waals surface area contributed by atoms with E-state index in [1.807, 2.05) is 6.92 Å². The van der Waals surface area contributed by atoms with Gasteiger partial charge in [-0.15, -0.1) is 0 Å². The summed E-state index contributed by atoms with van der Waals surface area (Å²) in [5.74, 6) is -0.647. The fourth-order valence-corrected chi connectivity index (χ4v) is 3.89. The summed E-state index contributed by atoms with van der Waals surface area (Å²) in [6, 6.07) is 2.77. The summed E-state index contributed by atoms with van der Waals surface area (Å²) in [5, 5.41) is 14.7. The number of carbonyl (C=O) groups is 1. The molecule has 2 rings (SSSR count). The number of sulfonamides is 1. The van der Waals surface area contributed by atoms with Gasteiger partial charge in [0.05, 0.1) is 10.5 Å². The Balaban J connectivity index is 2.64. The second-order valence-electron chi connectivity index (χ2n) is 6.27. The van der Waals surface area contributed by atoms with E-state index in [1.54, 1.807) is 6.07 Å². The molecule has 128 valence electrons. The maximum Gasteiger partial charge on any atom is 0.335 e. The standard InChI is InChI=1S/C16H24N2O4S/c1-3-4-5-13-14(18-7-6-11(2)10-18)8-12(16(19)20)9-15(13)23(17,21)22/h8-9,11H,3-7,10H2,1-2H3,(H,19,20)(H2,17,21,22). The molecule has 23 heavy (non-hydrogen) atoms. The van der Waals surface area contributed by atoms with E-state index < -0.39 is 16.0 Å². The number of nitrogens with zero attached hydrogens (tertiary/aromatic N) is 1. The highest BCUT2D eigenvalue weighted by Gasteiger charge is 2.26. The van der Waals surface area contributed by atoms with Crippen LogP contribution >= 0.6 is 0 Å². The van der Waals surface area contributed by atoms with Crippen LogP contribution in [0.25, 0.3) is 0 Å². The molecule has 0 aromatic heterocycles. The van der Waals surface area contributed by atoms with E-state index in [4.69, 9.17) is 5.14 Å². The van der Waals surface area contributed by atoms with E-state index in [0.717, 1.165) is 32.4 Å². The molecule has 7 heteroatoms. The van der Waals surface area contributed by atoms with Gasteiger partial charge < -0.3 is 10.0 Å². The van der Waals surface area contributed by atoms with Gasteiger partial charge in [-0.3, -0.25) is 0 Å². The number of hydrogen-bond donors (Lipinski definition) is 2. The molecular formula is C16H24N2O4S. The monoisotopic (exact) mass is 340 g/mol. The van der Waals surface area contributed by atoms with Crippen molar-refractivity contribution in [1.29, 1.82) is 0 Å². The van der Waals surface area contributed by atoms with Crippen molar-refractivity contribution in [2.24, 2.45) is 11.1 Å². The molecule has 1 fully saturated rings. The number of anilines is 1. The lowest BCUT2D eigenvalue weighted by Crippen LogP contribution is -2.24. The molecule has 0 bridgehead atoms. The highest BCUT2D eigenvalue weighted by Crippen LogP contribution is 2.33. The quantitative estimate of drug-likeness (QED) is 0.827. The van der Waals surface area contributed by atoms with Crippen LogP contribution in [0.2, 0.25) is 0 Å². The summed E-state index contributed by atoms with van der Waals surface area (Å²) < 4.78 is 24.0. The zero-order valence-electron chi connectivity index (χ0n) is 13.6. The highest BCUT2D eigenvalue weighted by molar-refractivity contribution is 7.89. The van der Waals surface area contributed by atoms with Crippen molar-refractivity contribution in [2.75, 3.05) is 18.0 Å².